The molecule has 0 bridgehead atoms. The maximum atomic E-state index is 13.2. The van der Waals surface area contributed by atoms with E-state index >= 15 is 0 Å². The number of ether oxygens (including phenoxy) is 1. The molecular formula is C24H21ClN4O3S. The van der Waals surface area contributed by atoms with Crippen LogP contribution < -0.4 is 15.6 Å². The van der Waals surface area contributed by atoms with Gasteiger partial charge in [-0.2, -0.15) is 0 Å². The number of hydrogen-bond acceptors (Lipinski definition) is 6. The Balaban J connectivity index is 1.60. The lowest BCUT2D eigenvalue weighted by atomic mass is 10.2. The monoisotopic (exact) mass is 480 g/mol. The number of aryl methyl sites for hydroxylation is 1. The lowest BCUT2D eigenvalue weighted by Gasteiger charge is -2.14. The van der Waals surface area contributed by atoms with Crippen LogP contribution in [0, 0.1) is 6.92 Å². The minimum absolute atomic E-state index is 0.0582. The Hall–Kier alpha value is -3.36. The van der Waals surface area contributed by atoms with Gasteiger partial charge in [0.15, 0.2) is 5.16 Å². The SMILES string of the molecule is COc1cc(Cl)c(C)cc1NC(=O)CSc1nc2ccccc2c(=O)n1Cc1cccnc1. The molecule has 168 valence electrons. The lowest BCUT2D eigenvalue weighted by Crippen LogP contribution is -2.25. The van der Waals surface area contributed by atoms with Crippen molar-refractivity contribution in [1.82, 2.24) is 14.5 Å². The van der Waals surface area contributed by atoms with Gasteiger partial charge in [-0.15, -0.1) is 0 Å². The summed E-state index contributed by atoms with van der Waals surface area (Å²) in [7, 11) is 1.52. The summed E-state index contributed by atoms with van der Waals surface area (Å²) in [6.07, 6.45) is 3.38. The van der Waals surface area contributed by atoms with Crippen molar-refractivity contribution in [3.63, 3.8) is 0 Å². The highest BCUT2D eigenvalue weighted by molar-refractivity contribution is 7.99. The predicted octanol–water partition coefficient (Wildman–Crippen LogP) is 4.54. The maximum Gasteiger partial charge on any atom is 0.262 e. The number of pyridine rings is 1. The molecule has 1 N–H and O–H groups in total. The number of aromatic nitrogens is 3. The predicted molar refractivity (Wildman–Crippen MR) is 131 cm³/mol. The van der Waals surface area contributed by atoms with E-state index < -0.39 is 0 Å². The Bertz CT molecular complexity index is 1380. The van der Waals surface area contributed by atoms with Gasteiger partial charge in [-0.3, -0.25) is 19.1 Å². The molecule has 0 radical (unpaired) electrons. The van der Waals surface area contributed by atoms with Crippen molar-refractivity contribution < 1.29 is 9.53 Å². The summed E-state index contributed by atoms with van der Waals surface area (Å²) in [5, 5.41) is 4.39. The summed E-state index contributed by atoms with van der Waals surface area (Å²) in [4.78, 5) is 34.7. The third-order valence-corrected chi connectivity index (χ3v) is 6.36. The highest BCUT2D eigenvalue weighted by Gasteiger charge is 2.15. The van der Waals surface area contributed by atoms with Crippen molar-refractivity contribution in [3.05, 3.63) is 87.4 Å². The number of benzene rings is 2. The Morgan fingerprint density at radius 2 is 2.03 bits per heavy atom. The number of fused-ring (bicyclic) bond motifs is 1. The van der Waals surface area contributed by atoms with E-state index in [4.69, 9.17) is 16.3 Å². The summed E-state index contributed by atoms with van der Waals surface area (Å²) in [6, 6.07) is 14.3. The molecule has 9 heteroatoms. The van der Waals surface area contributed by atoms with Gasteiger partial charge in [0, 0.05) is 23.5 Å². The Morgan fingerprint density at radius 1 is 1.21 bits per heavy atom. The van der Waals surface area contributed by atoms with Gasteiger partial charge >= 0.3 is 0 Å². The molecule has 7 nitrogen and oxygen atoms in total. The quantitative estimate of drug-likeness (QED) is 0.308. The number of anilines is 1. The second-order valence-electron chi connectivity index (χ2n) is 7.30. The van der Waals surface area contributed by atoms with Gasteiger partial charge in [0.1, 0.15) is 5.75 Å². The molecule has 0 aliphatic rings. The van der Waals surface area contributed by atoms with Crippen LogP contribution in [-0.4, -0.2) is 33.3 Å². The molecule has 0 fully saturated rings. The molecule has 0 unspecified atom stereocenters. The highest BCUT2D eigenvalue weighted by Crippen LogP contribution is 2.31. The first-order chi connectivity index (χ1) is 16.0. The fraction of sp³-hybridized carbons (Fsp3) is 0.167. The van der Waals surface area contributed by atoms with E-state index in [2.05, 4.69) is 15.3 Å². The van der Waals surface area contributed by atoms with Gasteiger partial charge in [0.2, 0.25) is 5.91 Å². The number of hydrogen-bond donors (Lipinski definition) is 1. The standard InChI is InChI=1S/C24H21ClN4O3S/c1-15-10-20(21(32-2)11-18(15)25)27-22(30)14-33-24-28-19-8-4-3-7-17(19)23(31)29(24)13-16-6-5-9-26-12-16/h3-12H,13-14H2,1-2H3,(H,27,30). The second-order valence-corrected chi connectivity index (χ2v) is 8.65. The van der Waals surface area contributed by atoms with E-state index in [1.54, 1.807) is 41.2 Å². The van der Waals surface area contributed by atoms with Crippen LogP contribution in [0.2, 0.25) is 5.02 Å². The first-order valence-corrected chi connectivity index (χ1v) is 11.5. The summed E-state index contributed by atoms with van der Waals surface area (Å²) < 4.78 is 6.90. The number of nitrogens with one attached hydrogen (secondary N) is 1. The molecule has 4 rings (SSSR count). The average molecular weight is 481 g/mol. The van der Waals surface area contributed by atoms with Crippen LogP contribution in [0.5, 0.6) is 5.75 Å². The summed E-state index contributed by atoms with van der Waals surface area (Å²) in [5.41, 5.74) is 2.64. The molecule has 2 aromatic heterocycles. The van der Waals surface area contributed by atoms with Crippen LogP contribution in [0.25, 0.3) is 10.9 Å². The van der Waals surface area contributed by atoms with Crippen molar-refractivity contribution in [2.75, 3.05) is 18.2 Å². The Kier molecular flexibility index (Phi) is 6.96. The van der Waals surface area contributed by atoms with Crippen LogP contribution >= 0.6 is 23.4 Å². The minimum Gasteiger partial charge on any atom is -0.495 e. The number of methoxy groups -OCH3 is 1. The van der Waals surface area contributed by atoms with E-state index in [0.29, 0.717) is 39.1 Å². The van der Waals surface area contributed by atoms with Crippen molar-refractivity contribution in [2.45, 2.75) is 18.6 Å². The van der Waals surface area contributed by atoms with E-state index in [0.717, 1.165) is 11.1 Å². The number of halogens is 1. The first kappa shape index (κ1) is 22.8. The second kappa shape index (κ2) is 10.1. The maximum absolute atomic E-state index is 13.2. The number of nitrogens with zero attached hydrogens (tertiary/aromatic N) is 3. The number of carbonyl (C=O) groups excluding carboxylic acids is 1. The zero-order valence-corrected chi connectivity index (χ0v) is 19.6. The summed E-state index contributed by atoms with van der Waals surface area (Å²) in [6.45, 7) is 2.15. The topological polar surface area (TPSA) is 86.1 Å². The Morgan fingerprint density at radius 3 is 2.79 bits per heavy atom. The summed E-state index contributed by atoms with van der Waals surface area (Å²) in [5.74, 6) is 0.277. The lowest BCUT2D eigenvalue weighted by molar-refractivity contribution is -0.113. The molecule has 0 saturated heterocycles. The fourth-order valence-corrected chi connectivity index (χ4v) is 4.27. The van der Waals surface area contributed by atoms with Crippen molar-refractivity contribution in [1.29, 1.82) is 0 Å². The number of para-hydroxylation sites is 1. The van der Waals surface area contributed by atoms with Gasteiger partial charge < -0.3 is 10.1 Å². The molecule has 4 aromatic rings. The third-order valence-electron chi connectivity index (χ3n) is 4.98. The molecule has 0 aliphatic carbocycles. The zero-order valence-electron chi connectivity index (χ0n) is 18.0. The molecular weight excluding hydrogens is 460 g/mol. The van der Waals surface area contributed by atoms with Crippen LogP contribution in [0.1, 0.15) is 11.1 Å². The van der Waals surface area contributed by atoms with Gasteiger partial charge in [-0.05, 0) is 42.3 Å². The summed E-state index contributed by atoms with van der Waals surface area (Å²) >= 11 is 7.34. The zero-order chi connectivity index (χ0) is 23.4. The van der Waals surface area contributed by atoms with Crippen LogP contribution in [0.4, 0.5) is 5.69 Å². The number of rotatable bonds is 7. The average Bonchev–Trinajstić information content (AvgIpc) is 2.82. The van der Waals surface area contributed by atoms with Crippen LogP contribution in [-0.2, 0) is 11.3 Å². The van der Waals surface area contributed by atoms with E-state index in [1.807, 2.05) is 31.2 Å². The molecule has 0 atom stereocenters. The smallest absolute Gasteiger partial charge is 0.262 e. The first-order valence-electron chi connectivity index (χ1n) is 10.1. The molecule has 0 saturated carbocycles. The van der Waals surface area contributed by atoms with Gasteiger partial charge in [0.05, 0.1) is 36.0 Å². The largest absolute Gasteiger partial charge is 0.495 e. The number of amides is 1. The highest BCUT2D eigenvalue weighted by atomic mass is 35.5. The molecule has 1 amide bonds. The van der Waals surface area contributed by atoms with Crippen LogP contribution in [0.3, 0.4) is 0 Å². The molecule has 0 aliphatic heterocycles. The van der Waals surface area contributed by atoms with Gasteiger partial charge in [-0.1, -0.05) is 41.6 Å². The van der Waals surface area contributed by atoms with Gasteiger partial charge in [0.25, 0.3) is 5.56 Å². The van der Waals surface area contributed by atoms with E-state index in [-0.39, 0.29) is 17.2 Å². The van der Waals surface area contributed by atoms with Crippen molar-refractivity contribution >= 4 is 45.9 Å². The van der Waals surface area contributed by atoms with E-state index in [9.17, 15) is 9.59 Å². The van der Waals surface area contributed by atoms with Crippen molar-refractivity contribution in [3.8, 4) is 5.75 Å². The Labute approximate surface area is 199 Å². The normalized spacial score (nSPS) is 10.9. The fourth-order valence-electron chi connectivity index (χ4n) is 3.32. The molecule has 2 heterocycles. The molecule has 33 heavy (non-hydrogen) atoms. The van der Waals surface area contributed by atoms with E-state index in [1.165, 1.54) is 18.9 Å². The molecule has 0 spiro atoms. The van der Waals surface area contributed by atoms with Crippen LogP contribution in [0.15, 0.2) is 70.9 Å². The minimum atomic E-state index is -0.254. The third kappa shape index (κ3) is 5.18. The van der Waals surface area contributed by atoms with Crippen molar-refractivity contribution in [2.24, 2.45) is 0 Å². The number of carbonyl (C=O) groups is 1. The number of thioether (sulfide) groups is 1. The van der Waals surface area contributed by atoms with Gasteiger partial charge in [-0.25, -0.2) is 4.98 Å². The molecule has 2 aromatic carbocycles.